The van der Waals surface area contributed by atoms with E-state index in [1.54, 1.807) is 29.5 Å². The van der Waals surface area contributed by atoms with Crippen LogP contribution in [0.4, 0.5) is 11.9 Å². The lowest BCUT2D eigenvalue weighted by Gasteiger charge is -2.07. The zero-order valence-electron chi connectivity index (χ0n) is 11.2. The minimum absolute atomic E-state index is 0.236. The Morgan fingerprint density at radius 1 is 1.29 bits per heavy atom. The molecule has 3 heterocycles. The monoisotopic (exact) mass is 287 g/mol. The van der Waals surface area contributed by atoms with Gasteiger partial charge in [-0.15, -0.1) is 0 Å². The number of aryl methyl sites for hydroxylation is 1. The third-order valence-electron chi connectivity index (χ3n) is 2.55. The Kier molecular flexibility index (Phi) is 3.43. The molecular weight excluding hydrogens is 274 g/mol. The van der Waals surface area contributed by atoms with Crippen LogP contribution >= 0.6 is 0 Å². The molecule has 0 spiro atoms. The highest BCUT2D eigenvalue weighted by atomic mass is 16.4. The molecule has 0 atom stereocenters. The van der Waals surface area contributed by atoms with Crippen LogP contribution in [0.1, 0.15) is 11.7 Å². The topological polar surface area (TPSA) is 133 Å². The molecule has 0 saturated carbocycles. The van der Waals surface area contributed by atoms with Gasteiger partial charge in [-0.2, -0.15) is 15.0 Å². The van der Waals surface area contributed by atoms with E-state index in [9.17, 15) is 0 Å². The Balaban J connectivity index is 1.82. The third kappa shape index (κ3) is 2.95. The Hall–Kier alpha value is -3.01. The molecule has 0 unspecified atom stereocenters. The first-order chi connectivity index (χ1) is 10.2. The van der Waals surface area contributed by atoms with Gasteiger partial charge in [-0.05, 0) is 6.92 Å². The van der Waals surface area contributed by atoms with Gasteiger partial charge in [-0.1, -0.05) is 0 Å². The van der Waals surface area contributed by atoms with E-state index in [4.69, 9.17) is 10.3 Å². The molecule has 0 aliphatic carbocycles. The molecule has 108 valence electrons. The van der Waals surface area contributed by atoms with Gasteiger partial charge in [0.15, 0.2) is 0 Å². The van der Waals surface area contributed by atoms with Crippen LogP contribution in [0.2, 0.25) is 0 Å². The molecule has 3 aromatic heterocycles. The van der Waals surface area contributed by atoms with E-state index in [0.717, 1.165) is 5.76 Å². The van der Waals surface area contributed by atoms with E-state index >= 15 is 0 Å². The van der Waals surface area contributed by atoms with Crippen LogP contribution in [0.5, 0.6) is 0 Å². The number of hydrazine groups is 1. The Morgan fingerprint density at radius 2 is 2.14 bits per heavy atom. The molecule has 0 radical (unpaired) electrons. The number of oxazole rings is 1. The quantitative estimate of drug-likeness (QED) is 0.446. The van der Waals surface area contributed by atoms with Gasteiger partial charge in [-0.3, -0.25) is 9.99 Å². The van der Waals surface area contributed by atoms with Crippen LogP contribution in [0.15, 0.2) is 29.3 Å². The maximum atomic E-state index is 5.37. The second kappa shape index (κ2) is 5.54. The molecule has 0 bridgehead atoms. The first kappa shape index (κ1) is 13.0. The molecule has 3 aromatic rings. The van der Waals surface area contributed by atoms with E-state index < -0.39 is 0 Å². The van der Waals surface area contributed by atoms with Crippen LogP contribution in [0.3, 0.4) is 0 Å². The summed E-state index contributed by atoms with van der Waals surface area (Å²) >= 11 is 0. The largest absolute Gasteiger partial charge is 0.444 e. The molecular formula is C11H13N9O. The summed E-state index contributed by atoms with van der Waals surface area (Å²) in [4.78, 5) is 20.6. The summed E-state index contributed by atoms with van der Waals surface area (Å²) < 4.78 is 7.01. The van der Waals surface area contributed by atoms with Gasteiger partial charge in [0.2, 0.25) is 23.7 Å². The van der Waals surface area contributed by atoms with Crippen molar-refractivity contribution >= 4 is 11.9 Å². The first-order valence-corrected chi connectivity index (χ1v) is 6.11. The molecule has 0 aliphatic heterocycles. The van der Waals surface area contributed by atoms with Crippen molar-refractivity contribution in [3.63, 3.8) is 0 Å². The molecule has 0 aromatic carbocycles. The maximum absolute atomic E-state index is 5.37. The minimum Gasteiger partial charge on any atom is -0.444 e. The standard InChI is InChI=1S/C11H13N9O/c1-7-4-14-8(21-7)5-15-9-16-10(19-12)18-11(17-9)20-3-2-13-6-20/h2-4,6H,5,12H2,1H3,(H2,15,16,17,18,19). The zero-order valence-corrected chi connectivity index (χ0v) is 11.2. The fourth-order valence-electron chi connectivity index (χ4n) is 1.64. The van der Waals surface area contributed by atoms with Gasteiger partial charge in [0.05, 0.1) is 12.7 Å². The Labute approximate surface area is 119 Å². The van der Waals surface area contributed by atoms with Crippen molar-refractivity contribution in [2.45, 2.75) is 13.5 Å². The van der Waals surface area contributed by atoms with Crippen LogP contribution < -0.4 is 16.6 Å². The number of hydrogen-bond acceptors (Lipinski definition) is 9. The number of nitrogens with one attached hydrogen (secondary N) is 2. The number of imidazole rings is 1. The highest BCUT2D eigenvalue weighted by molar-refractivity contribution is 5.37. The smallest absolute Gasteiger partial charge is 0.243 e. The first-order valence-electron chi connectivity index (χ1n) is 6.11. The predicted molar refractivity (Wildman–Crippen MR) is 73.3 cm³/mol. The molecule has 0 aliphatic rings. The zero-order chi connectivity index (χ0) is 14.7. The van der Waals surface area contributed by atoms with Crippen molar-refractivity contribution in [1.82, 2.24) is 29.5 Å². The van der Waals surface area contributed by atoms with Gasteiger partial charge < -0.3 is 9.73 Å². The Bertz CT molecular complexity index is 721. The summed E-state index contributed by atoms with van der Waals surface area (Å²) in [7, 11) is 0. The number of nitrogens with zero attached hydrogens (tertiary/aromatic N) is 6. The predicted octanol–water partition coefficient (Wildman–Crippen LogP) is 0.251. The molecule has 0 amide bonds. The summed E-state index contributed by atoms with van der Waals surface area (Å²) in [5, 5.41) is 3.00. The molecule has 21 heavy (non-hydrogen) atoms. The van der Waals surface area contributed by atoms with Gasteiger partial charge in [-0.25, -0.2) is 15.8 Å². The normalized spacial score (nSPS) is 10.6. The lowest BCUT2D eigenvalue weighted by atomic mass is 10.6. The average Bonchev–Trinajstić information content (AvgIpc) is 3.16. The molecule has 0 saturated heterocycles. The van der Waals surface area contributed by atoms with Gasteiger partial charge in [0.1, 0.15) is 12.1 Å². The lowest BCUT2D eigenvalue weighted by molar-refractivity contribution is 0.478. The van der Waals surface area contributed by atoms with E-state index in [-0.39, 0.29) is 5.95 Å². The summed E-state index contributed by atoms with van der Waals surface area (Å²) in [6.45, 7) is 2.18. The van der Waals surface area contributed by atoms with Crippen LogP contribution in [0.25, 0.3) is 5.95 Å². The van der Waals surface area contributed by atoms with Crippen LogP contribution in [-0.4, -0.2) is 29.5 Å². The minimum atomic E-state index is 0.236. The van der Waals surface area contributed by atoms with Crippen LogP contribution in [0, 0.1) is 6.92 Å². The molecule has 4 N–H and O–H groups in total. The Morgan fingerprint density at radius 3 is 2.81 bits per heavy atom. The summed E-state index contributed by atoms with van der Waals surface area (Å²) in [6, 6.07) is 0. The molecule has 10 heteroatoms. The molecule has 3 rings (SSSR count). The average molecular weight is 287 g/mol. The van der Waals surface area contributed by atoms with Crippen molar-refractivity contribution in [1.29, 1.82) is 0 Å². The van der Waals surface area contributed by atoms with Gasteiger partial charge >= 0.3 is 0 Å². The number of rotatable bonds is 5. The number of anilines is 2. The highest BCUT2D eigenvalue weighted by Gasteiger charge is 2.08. The number of nitrogens with two attached hydrogens (primary N) is 1. The summed E-state index contributed by atoms with van der Waals surface area (Å²) in [5.41, 5.74) is 2.40. The van der Waals surface area contributed by atoms with Crippen molar-refractivity contribution in [2.24, 2.45) is 5.84 Å². The summed E-state index contributed by atoms with van der Waals surface area (Å²) in [6.07, 6.45) is 6.57. The number of aromatic nitrogens is 6. The number of nitrogen functional groups attached to an aromatic ring is 1. The van der Waals surface area contributed by atoms with E-state index in [0.29, 0.717) is 24.3 Å². The second-order valence-electron chi connectivity index (χ2n) is 4.12. The fourth-order valence-corrected chi connectivity index (χ4v) is 1.64. The highest BCUT2D eigenvalue weighted by Crippen LogP contribution is 2.10. The van der Waals surface area contributed by atoms with Crippen LogP contribution in [-0.2, 0) is 6.54 Å². The van der Waals surface area contributed by atoms with Crippen molar-refractivity contribution in [3.05, 3.63) is 36.6 Å². The summed E-state index contributed by atoms with van der Waals surface area (Å²) in [5.74, 6) is 7.62. The molecule has 10 nitrogen and oxygen atoms in total. The number of hydrogen-bond donors (Lipinski definition) is 3. The third-order valence-corrected chi connectivity index (χ3v) is 2.55. The van der Waals surface area contributed by atoms with Gasteiger partial charge in [0.25, 0.3) is 0 Å². The van der Waals surface area contributed by atoms with Crippen molar-refractivity contribution < 1.29 is 4.42 Å². The maximum Gasteiger partial charge on any atom is 0.243 e. The van der Waals surface area contributed by atoms with Crippen molar-refractivity contribution in [3.8, 4) is 5.95 Å². The van der Waals surface area contributed by atoms with E-state index in [1.807, 2.05) is 6.92 Å². The van der Waals surface area contributed by atoms with Gasteiger partial charge in [0, 0.05) is 12.4 Å². The van der Waals surface area contributed by atoms with Crippen molar-refractivity contribution in [2.75, 3.05) is 10.7 Å². The molecule has 0 fully saturated rings. The van der Waals surface area contributed by atoms with E-state index in [2.05, 4.69) is 35.7 Å². The fraction of sp³-hybridized carbons (Fsp3) is 0.182. The lowest BCUT2D eigenvalue weighted by Crippen LogP contribution is -2.15. The SMILES string of the molecule is Cc1cnc(CNc2nc(NN)nc(-n3ccnc3)n2)o1. The second-order valence-corrected chi connectivity index (χ2v) is 4.12. The van der Waals surface area contributed by atoms with E-state index in [1.165, 1.54) is 0 Å².